The Balaban J connectivity index is 1.70. The molecule has 5 nitrogen and oxygen atoms in total. The lowest BCUT2D eigenvalue weighted by atomic mass is 9.79. The van der Waals surface area contributed by atoms with Crippen LogP contribution in [0.5, 0.6) is 0 Å². The van der Waals surface area contributed by atoms with E-state index in [1.807, 2.05) is 16.8 Å². The van der Waals surface area contributed by atoms with Crippen LogP contribution < -0.4 is 0 Å². The molecule has 0 aromatic rings. The van der Waals surface area contributed by atoms with Crippen molar-refractivity contribution in [3.8, 4) is 0 Å². The van der Waals surface area contributed by atoms with Crippen molar-refractivity contribution >= 4 is 11.8 Å². The number of piperidine rings is 2. The quantitative estimate of drug-likeness (QED) is 0.735. The largest absolute Gasteiger partial charge is 0.381 e. The lowest BCUT2D eigenvalue weighted by Gasteiger charge is -2.51. The van der Waals surface area contributed by atoms with E-state index in [0.717, 1.165) is 51.6 Å². The SMILES string of the molecule is CN1C(=O)CCCC12CCCN(C(=O)C1CCOCC1)C2. The van der Waals surface area contributed by atoms with Crippen LogP contribution in [-0.2, 0) is 14.3 Å². The van der Waals surface area contributed by atoms with Gasteiger partial charge in [0, 0.05) is 45.7 Å². The second-order valence-corrected chi connectivity index (χ2v) is 6.78. The van der Waals surface area contributed by atoms with Crippen molar-refractivity contribution in [2.45, 2.75) is 50.5 Å². The molecule has 0 aromatic carbocycles. The average Bonchev–Trinajstić information content (AvgIpc) is 2.53. The van der Waals surface area contributed by atoms with Crippen LogP contribution in [0.4, 0.5) is 0 Å². The molecule has 3 aliphatic rings. The number of hydrogen-bond donors (Lipinski definition) is 0. The molecule has 1 atom stereocenters. The van der Waals surface area contributed by atoms with Crippen LogP contribution in [0.2, 0.25) is 0 Å². The molecule has 0 radical (unpaired) electrons. The fourth-order valence-electron chi connectivity index (χ4n) is 4.15. The van der Waals surface area contributed by atoms with Gasteiger partial charge in [-0.25, -0.2) is 0 Å². The molecule has 21 heavy (non-hydrogen) atoms. The maximum absolute atomic E-state index is 12.7. The Hall–Kier alpha value is -1.10. The highest BCUT2D eigenvalue weighted by Gasteiger charge is 2.44. The smallest absolute Gasteiger partial charge is 0.225 e. The van der Waals surface area contributed by atoms with Crippen LogP contribution in [0.15, 0.2) is 0 Å². The van der Waals surface area contributed by atoms with Crippen LogP contribution in [0.25, 0.3) is 0 Å². The zero-order valence-corrected chi connectivity index (χ0v) is 13.0. The molecule has 3 fully saturated rings. The van der Waals surface area contributed by atoms with E-state index in [-0.39, 0.29) is 23.3 Å². The van der Waals surface area contributed by atoms with Crippen LogP contribution in [0, 0.1) is 5.92 Å². The standard InChI is InChI=1S/C16H26N2O3/c1-17-14(19)4-2-7-16(17)8-3-9-18(12-16)15(20)13-5-10-21-11-6-13/h13H,2-12H2,1H3. The first kappa shape index (κ1) is 14.8. The van der Waals surface area contributed by atoms with Gasteiger partial charge in [-0.1, -0.05) is 0 Å². The highest BCUT2D eigenvalue weighted by atomic mass is 16.5. The second kappa shape index (κ2) is 5.95. The van der Waals surface area contributed by atoms with Crippen molar-refractivity contribution in [2.75, 3.05) is 33.4 Å². The van der Waals surface area contributed by atoms with Crippen molar-refractivity contribution in [1.82, 2.24) is 9.80 Å². The molecule has 3 heterocycles. The van der Waals surface area contributed by atoms with Crippen LogP contribution >= 0.6 is 0 Å². The average molecular weight is 294 g/mol. The van der Waals surface area contributed by atoms with Gasteiger partial charge in [-0.2, -0.15) is 0 Å². The number of likely N-dealkylation sites (N-methyl/N-ethyl adjacent to an activating group) is 1. The van der Waals surface area contributed by atoms with Gasteiger partial charge in [0.15, 0.2) is 0 Å². The van der Waals surface area contributed by atoms with Crippen LogP contribution in [0.1, 0.15) is 44.9 Å². The van der Waals surface area contributed by atoms with E-state index in [2.05, 4.69) is 0 Å². The third-order valence-electron chi connectivity index (χ3n) is 5.56. The molecule has 3 saturated heterocycles. The first-order valence-corrected chi connectivity index (χ1v) is 8.26. The van der Waals surface area contributed by atoms with E-state index in [1.165, 1.54) is 0 Å². The monoisotopic (exact) mass is 294 g/mol. The summed E-state index contributed by atoms with van der Waals surface area (Å²) in [6.07, 6.45) is 6.38. The third-order valence-corrected chi connectivity index (χ3v) is 5.56. The summed E-state index contributed by atoms with van der Waals surface area (Å²) >= 11 is 0. The molecule has 0 aliphatic carbocycles. The van der Waals surface area contributed by atoms with Gasteiger partial charge < -0.3 is 14.5 Å². The lowest BCUT2D eigenvalue weighted by molar-refractivity contribution is -0.151. The molecule has 0 bridgehead atoms. The molecule has 1 spiro atoms. The summed E-state index contributed by atoms with van der Waals surface area (Å²) in [7, 11) is 1.92. The zero-order chi connectivity index (χ0) is 14.9. The first-order valence-electron chi connectivity index (χ1n) is 8.26. The number of amides is 2. The van der Waals surface area contributed by atoms with Gasteiger partial charge >= 0.3 is 0 Å². The Bertz CT molecular complexity index is 416. The van der Waals surface area contributed by atoms with Crippen LogP contribution in [-0.4, -0.2) is 60.5 Å². The molecular formula is C16H26N2O3. The van der Waals surface area contributed by atoms with Crippen molar-refractivity contribution in [3.05, 3.63) is 0 Å². The van der Waals surface area contributed by atoms with E-state index < -0.39 is 0 Å². The number of likely N-dealkylation sites (tertiary alicyclic amines) is 2. The molecule has 3 rings (SSSR count). The van der Waals surface area contributed by atoms with Gasteiger partial charge in [0.1, 0.15) is 0 Å². The first-order chi connectivity index (χ1) is 10.1. The topological polar surface area (TPSA) is 49.9 Å². The number of nitrogens with zero attached hydrogens (tertiary/aromatic N) is 2. The molecule has 5 heteroatoms. The van der Waals surface area contributed by atoms with Gasteiger partial charge in [0.05, 0.1) is 5.54 Å². The molecule has 0 saturated carbocycles. The summed E-state index contributed by atoms with van der Waals surface area (Å²) in [6.45, 7) is 2.98. The summed E-state index contributed by atoms with van der Waals surface area (Å²) in [5, 5.41) is 0. The van der Waals surface area contributed by atoms with Crippen molar-refractivity contribution in [2.24, 2.45) is 5.92 Å². The number of carbonyl (C=O) groups is 2. The number of rotatable bonds is 1. The van der Waals surface area contributed by atoms with Crippen molar-refractivity contribution in [3.63, 3.8) is 0 Å². The molecule has 3 aliphatic heterocycles. The Labute approximate surface area is 126 Å². The highest BCUT2D eigenvalue weighted by Crippen LogP contribution is 2.36. The molecule has 118 valence electrons. The van der Waals surface area contributed by atoms with Gasteiger partial charge in [-0.05, 0) is 38.5 Å². The third kappa shape index (κ3) is 2.80. The molecule has 0 aromatic heterocycles. The fraction of sp³-hybridized carbons (Fsp3) is 0.875. The van der Waals surface area contributed by atoms with Gasteiger partial charge in [0.25, 0.3) is 0 Å². The van der Waals surface area contributed by atoms with E-state index in [1.54, 1.807) is 0 Å². The van der Waals surface area contributed by atoms with E-state index in [0.29, 0.717) is 19.6 Å². The molecule has 1 unspecified atom stereocenters. The minimum Gasteiger partial charge on any atom is -0.381 e. The molecule has 2 amide bonds. The number of ether oxygens (including phenoxy) is 1. The summed E-state index contributed by atoms with van der Waals surface area (Å²) < 4.78 is 5.35. The minimum absolute atomic E-state index is 0.103. The normalized spacial score (nSPS) is 31.8. The van der Waals surface area contributed by atoms with E-state index in [9.17, 15) is 9.59 Å². The van der Waals surface area contributed by atoms with Gasteiger partial charge in [-0.15, -0.1) is 0 Å². The maximum Gasteiger partial charge on any atom is 0.225 e. The summed E-state index contributed by atoms with van der Waals surface area (Å²) in [5.41, 5.74) is -0.103. The number of carbonyl (C=O) groups excluding carboxylic acids is 2. The predicted molar refractivity (Wildman–Crippen MR) is 78.7 cm³/mol. The predicted octanol–water partition coefficient (Wildman–Crippen LogP) is 1.42. The summed E-state index contributed by atoms with van der Waals surface area (Å²) in [4.78, 5) is 28.7. The van der Waals surface area contributed by atoms with Gasteiger partial charge in [-0.3, -0.25) is 9.59 Å². The zero-order valence-electron chi connectivity index (χ0n) is 13.0. The Morgan fingerprint density at radius 1 is 1.24 bits per heavy atom. The summed E-state index contributed by atoms with van der Waals surface area (Å²) in [5.74, 6) is 0.643. The molecular weight excluding hydrogens is 268 g/mol. The Morgan fingerprint density at radius 3 is 2.71 bits per heavy atom. The van der Waals surface area contributed by atoms with Crippen molar-refractivity contribution in [1.29, 1.82) is 0 Å². The van der Waals surface area contributed by atoms with E-state index in [4.69, 9.17) is 4.74 Å². The summed E-state index contributed by atoms with van der Waals surface area (Å²) in [6, 6.07) is 0. The van der Waals surface area contributed by atoms with E-state index >= 15 is 0 Å². The second-order valence-electron chi connectivity index (χ2n) is 6.78. The Morgan fingerprint density at radius 2 is 1.95 bits per heavy atom. The maximum atomic E-state index is 12.7. The lowest BCUT2D eigenvalue weighted by Crippen LogP contribution is -2.62. The number of hydrogen-bond acceptors (Lipinski definition) is 3. The minimum atomic E-state index is -0.103. The van der Waals surface area contributed by atoms with Gasteiger partial charge in [0.2, 0.25) is 11.8 Å². The fourth-order valence-corrected chi connectivity index (χ4v) is 4.15. The van der Waals surface area contributed by atoms with Crippen LogP contribution in [0.3, 0.4) is 0 Å². The Kier molecular flexibility index (Phi) is 4.20. The van der Waals surface area contributed by atoms with Crippen molar-refractivity contribution < 1.29 is 14.3 Å². The molecule has 0 N–H and O–H groups in total. The highest BCUT2D eigenvalue weighted by molar-refractivity contribution is 5.80.